The molecule has 0 unspecified atom stereocenters. The molecule has 1 aromatic carbocycles. The van der Waals surface area contributed by atoms with Gasteiger partial charge in [-0.15, -0.1) is 10.2 Å². The van der Waals surface area contributed by atoms with Gasteiger partial charge in [-0.3, -0.25) is 9.59 Å². The first kappa shape index (κ1) is 18.0. The molecule has 4 rings (SSSR count). The second kappa shape index (κ2) is 8.08. The molecular weight excluding hydrogens is 360 g/mol. The summed E-state index contributed by atoms with van der Waals surface area (Å²) in [6.45, 7) is 1.68. The Balaban J connectivity index is 1.30. The molecule has 1 fully saturated rings. The number of hydrogen-bond acceptors (Lipinski definition) is 6. The van der Waals surface area contributed by atoms with E-state index in [1.54, 1.807) is 21.9 Å². The van der Waals surface area contributed by atoms with E-state index in [-0.39, 0.29) is 17.7 Å². The van der Waals surface area contributed by atoms with Crippen LogP contribution in [-0.2, 0) is 12.8 Å². The molecule has 144 valence electrons. The number of aryl methyl sites for hydroxylation is 2. The van der Waals surface area contributed by atoms with Gasteiger partial charge in [-0.05, 0) is 24.1 Å². The van der Waals surface area contributed by atoms with Crippen molar-refractivity contribution in [2.24, 2.45) is 0 Å². The first-order chi connectivity index (χ1) is 13.7. The lowest BCUT2D eigenvalue weighted by Gasteiger charge is -2.33. The highest BCUT2D eigenvalue weighted by Gasteiger charge is 2.29. The van der Waals surface area contributed by atoms with Crippen LogP contribution in [0.5, 0.6) is 0 Å². The molecule has 3 heterocycles. The molecule has 0 N–H and O–H groups in total. The summed E-state index contributed by atoms with van der Waals surface area (Å²) in [5, 5.41) is 7.88. The molecule has 0 aliphatic carbocycles. The monoisotopic (exact) mass is 380 g/mol. The minimum atomic E-state index is -0.302. The number of nitrogens with zero attached hydrogens (tertiary/aromatic N) is 4. The summed E-state index contributed by atoms with van der Waals surface area (Å²) in [6.07, 6.45) is 2.82. The van der Waals surface area contributed by atoms with Crippen molar-refractivity contribution in [1.82, 2.24) is 20.0 Å². The number of carbonyl (C=O) groups is 2. The van der Waals surface area contributed by atoms with Gasteiger partial charge in [0.05, 0.1) is 6.26 Å². The fourth-order valence-electron chi connectivity index (χ4n) is 3.14. The van der Waals surface area contributed by atoms with Gasteiger partial charge >= 0.3 is 11.8 Å². The quantitative estimate of drug-likeness (QED) is 0.673. The predicted octanol–water partition coefficient (Wildman–Crippen LogP) is 2.05. The number of benzene rings is 1. The summed E-state index contributed by atoms with van der Waals surface area (Å²) >= 11 is 0. The van der Waals surface area contributed by atoms with Crippen LogP contribution < -0.4 is 0 Å². The second-order valence-corrected chi connectivity index (χ2v) is 6.55. The van der Waals surface area contributed by atoms with Crippen LogP contribution in [-0.4, -0.2) is 58.0 Å². The average Bonchev–Trinajstić information content (AvgIpc) is 3.44. The third kappa shape index (κ3) is 3.95. The molecule has 28 heavy (non-hydrogen) atoms. The van der Waals surface area contributed by atoms with E-state index in [0.717, 1.165) is 6.42 Å². The molecule has 8 nitrogen and oxygen atoms in total. The van der Waals surface area contributed by atoms with E-state index in [1.807, 2.05) is 30.3 Å². The van der Waals surface area contributed by atoms with E-state index >= 15 is 0 Å². The zero-order chi connectivity index (χ0) is 19.3. The highest BCUT2D eigenvalue weighted by Crippen LogP contribution is 2.13. The Morgan fingerprint density at radius 3 is 2.25 bits per heavy atom. The lowest BCUT2D eigenvalue weighted by molar-refractivity contribution is 0.0497. The molecule has 3 aromatic rings. The van der Waals surface area contributed by atoms with Crippen LogP contribution in [0, 0.1) is 0 Å². The van der Waals surface area contributed by atoms with Crippen molar-refractivity contribution in [2.75, 3.05) is 26.2 Å². The molecule has 0 atom stereocenters. The Morgan fingerprint density at radius 2 is 1.57 bits per heavy atom. The van der Waals surface area contributed by atoms with Crippen molar-refractivity contribution in [2.45, 2.75) is 12.8 Å². The van der Waals surface area contributed by atoms with Gasteiger partial charge in [-0.25, -0.2) is 0 Å². The summed E-state index contributed by atoms with van der Waals surface area (Å²) < 4.78 is 10.7. The number of carbonyl (C=O) groups excluding carboxylic acids is 2. The molecule has 0 saturated carbocycles. The molecule has 1 saturated heterocycles. The normalized spacial score (nSPS) is 14.3. The Kier molecular flexibility index (Phi) is 5.18. The predicted molar refractivity (Wildman–Crippen MR) is 98.7 cm³/mol. The second-order valence-electron chi connectivity index (χ2n) is 6.55. The zero-order valence-corrected chi connectivity index (χ0v) is 15.3. The average molecular weight is 380 g/mol. The van der Waals surface area contributed by atoms with E-state index in [9.17, 15) is 9.59 Å². The van der Waals surface area contributed by atoms with E-state index < -0.39 is 0 Å². The third-order valence-corrected chi connectivity index (χ3v) is 4.71. The van der Waals surface area contributed by atoms with Gasteiger partial charge in [0.1, 0.15) is 0 Å². The van der Waals surface area contributed by atoms with Crippen molar-refractivity contribution in [3.63, 3.8) is 0 Å². The van der Waals surface area contributed by atoms with Crippen LogP contribution in [0.3, 0.4) is 0 Å². The Morgan fingerprint density at radius 1 is 0.857 bits per heavy atom. The van der Waals surface area contributed by atoms with Gasteiger partial charge in [0, 0.05) is 32.6 Å². The molecule has 0 spiro atoms. The number of rotatable bonds is 5. The van der Waals surface area contributed by atoms with Crippen LogP contribution in [0.4, 0.5) is 0 Å². The van der Waals surface area contributed by atoms with Crippen molar-refractivity contribution < 1.29 is 18.4 Å². The zero-order valence-electron chi connectivity index (χ0n) is 15.3. The van der Waals surface area contributed by atoms with Crippen LogP contribution in [0.2, 0.25) is 0 Å². The number of amides is 2. The highest BCUT2D eigenvalue weighted by atomic mass is 16.4. The summed E-state index contributed by atoms with van der Waals surface area (Å²) in [4.78, 5) is 28.2. The van der Waals surface area contributed by atoms with Gasteiger partial charge in [0.25, 0.3) is 5.91 Å². The third-order valence-electron chi connectivity index (χ3n) is 4.71. The fraction of sp³-hybridized carbons (Fsp3) is 0.300. The van der Waals surface area contributed by atoms with Gasteiger partial charge in [0.2, 0.25) is 5.89 Å². The molecule has 0 bridgehead atoms. The van der Waals surface area contributed by atoms with Crippen LogP contribution in [0.25, 0.3) is 0 Å². The van der Waals surface area contributed by atoms with Gasteiger partial charge in [0.15, 0.2) is 5.76 Å². The topological polar surface area (TPSA) is 92.7 Å². The van der Waals surface area contributed by atoms with Crippen LogP contribution >= 0.6 is 0 Å². The van der Waals surface area contributed by atoms with Gasteiger partial charge in [-0.1, -0.05) is 30.3 Å². The SMILES string of the molecule is O=C(c1ccco1)N1CCN(C(=O)c2nnc(CCc3ccccc3)o2)CC1. The highest BCUT2D eigenvalue weighted by molar-refractivity contribution is 5.92. The molecule has 1 aliphatic heterocycles. The number of furan rings is 1. The largest absolute Gasteiger partial charge is 0.459 e. The van der Waals surface area contributed by atoms with Crippen molar-refractivity contribution >= 4 is 11.8 Å². The summed E-state index contributed by atoms with van der Waals surface area (Å²) in [5.41, 5.74) is 1.17. The van der Waals surface area contributed by atoms with E-state index in [0.29, 0.717) is 44.3 Å². The van der Waals surface area contributed by atoms with Crippen LogP contribution in [0.1, 0.15) is 32.7 Å². The van der Waals surface area contributed by atoms with E-state index in [1.165, 1.54) is 11.8 Å². The lowest BCUT2D eigenvalue weighted by Crippen LogP contribution is -2.50. The van der Waals surface area contributed by atoms with Crippen molar-refractivity contribution in [1.29, 1.82) is 0 Å². The summed E-state index contributed by atoms with van der Waals surface area (Å²) in [7, 11) is 0. The molecular formula is C20H20N4O4. The summed E-state index contributed by atoms with van der Waals surface area (Å²) in [5.74, 6) is 0.272. The van der Waals surface area contributed by atoms with Crippen LogP contribution in [0.15, 0.2) is 57.6 Å². The number of hydrogen-bond donors (Lipinski definition) is 0. The Hall–Kier alpha value is -3.42. The molecule has 8 heteroatoms. The Labute approximate surface area is 161 Å². The minimum absolute atomic E-state index is 0.00567. The van der Waals surface area contributed by atoms with E-state index in [2.05, 4.69) is 10.2 Å². The standard InChI is InChI=1S/C20H20N4O4/c25-19(16-7-4-14-27-16)23-10-12-24(13-11-23)20(26)18-22-21-17(28-18)9-8-15-5-2-1-3-6-15/h1-7,14H,8-13H2. The molecule has 1 aliphatic rings. The maximum atomic E-state index is 12.6. The maximum Gasteiger partial charge on any atom is 0.311 e. The minimum Gasteiger partial charge on any atom is -0.459 e. The van der Waals surface area contributed by atoms with Crippen molar-refractivity contribution in [3.05, 3.63) is 71.8 Å². The molecule has 2 aromatic heterocycles. The van der Waals surface area contributed by atoms with Crippen molar-refractivity contribution in [3.8, 4) is 0 Å². The van der Waals surface area contributed by atoms with Gasteiger partial charge < -0.3 is 18.6 Å². The first-order valence-electron chi connectivity index (χ1n) is 9.19. The van der Waals surface area contributed by atoms with Gasteiger partial charge in [-0.2, -0.15) is 0 Å². The first-order valence-corrected chi connectivity index (χ1v) is 9.19. The smallest absolute Gasteiger partial charge is 0.311 e. The number of piperazine rings is 1. The maximum absolute atomic E-state index is 12.6. The Bertz CT molecular complexity index is 928. The lowest BCUT2D eigenvalue weighted by atomic mass is 10.1. The summed E-state index contributed by atoms with van der Waals surface area (Å²) in [6, 6.07) is 13.3. The van der Waals surface area contributed by atoms with E-state index in [4.69, 9.17) is 8.83 Å². The molecule has 2 amide bonds. The number of aromatic nitrogens is 2. The molecule has 0 radical (unpaired) electrons. The fourth-order valence-corrected chi connectivity index (χ4v) is 3.14.